The molecule has 4 rings (SSSR count). The molecule has 0 bridgehead atoms. The third-order valence-electron chi connectivity index (χ3n) is 5.04. The Morgan fingerprint density at radius 3 is 2.07 bits per heavy atom. The van der Waals surface area contributed by atoms with Crippen molar-refractivity contribution in [3.8, 4) is 22.9 Å². The van der Waals surface area contributed by atoms with Crippen LogP contribution in [-0.2, 0) is 14.9 Å². The van der Waals surface area contributed by atoms with Crippen LogP contribution in [-0.4, -0.2) is 28.8 Å². The van der Waals surface area contributed by atoms with Gasteiger partial charge in [0.1, 0.15) is 6.10 Å². The molecule has 2 aromatic carbocycles. The highest BCUT2D eigenvalue weighted by atomic mass is 16.5. The fourth-order valence-corrected chi connectivity index (χ4v) is 3.27. The summed E-state index contributed by atoms with van der Waals surface area (Å²) in [5.41, 5.74) is 3.75. The van der Waals surface area contributed by atoms with Crippen molar-refractivity contribution in [2.24, 2.45) is 0 Å². The predicted molar refractivity (Wildman–Crippen MR) is 111 cm³/mol. The molecule has 6 heteroatoms. The first-order valence-electron chi connectivity index (χ1n) is 9.87. The number of ether oxygens (including phenoxy) is 1. The van der Waals surface area contributed by atoms with Gasteiger partial charge in [-0.15, -0.1) is 10.2 Å². The normalized spacial score (nSPS) is 16.7. The lowest BCUT2D eigenvalue weighted by Crippen LogP contribution is -2.26. The molecule has 150 valence electrons. The van der Waals surface area contributed by atoms with Gasteiger partial charge in [0.05, 0.1) is 0 Å². The Kier molecular flexibility index (Phi) is 5.20. The smallest absolute Gasteiger partial charge is 0.253 e. The molecule has 1 saturated heterocycles. The number of nitrogens with one attached hydrogen (secondary N) is 1. The molecule has 0 aliphatic carbocycles. The van der Waals surface area contributed by atoms with Crippen LogP contribution in [0.3, 0.4) is 0 Å². The van der Waals surface area contributed by atoms with Gasteiger partial charge in [-0.2, -0.15) is 0 Å². The number of amides is 1. The molecule has 1 unspecified atom stereocenters. The van der Waals surface area contributed by atoms with E-state index in [1.165, 1.54) is 5.56 Å². The van der Waals surface area contributed by atoms with Crippen molar-refractivity contribution in [2.75, 3.05) is 11.9 Å². The van der Waals surface area contributed by atoms with Crippen LogP contribution < -0.4 is 5.32 Å². The summed E-state index contributed by atoms with van der Waals surface area (Å²) in [5.74, 6) is 0.821. The van der Waals surface area contributed by atoms with Crippen LogP contribution in [0.25, 0.3) is 22.9 Å². The molecule has 1 fully saturated rings. The van der Waals surface area contributed by atoms with Gasteiger partial charge in [-0.25, -0.2) is 0 Å². The van der Waals surface area contributed by atoms with E-state index in [1.807, 2.05) is 36.4 Å². The lowest BCUT2D eigenvalue weighted by Gasteiger charge is -2.18. The predicted octanol–water partition coefficient (Wildman–Crippen LogP) is 4.82. The van der Waals surface area contributed by atoms with Crippen molar-refractivity contribution in [3.05, 3.63) is 54.1 Å². The van der Waals surface area contributed by atoms with Crippen molar-refractivity contribution in [1.82, 2.24) is 10.2 Å². The summed E-state index contributed by atoms with van der Waals surface area (Å²) in [7, 11) is 0. The van der Waals surface area contributed by atoms with Crippen LogP contribution in [0.4, 0.5) is 5.69 Å². The minimum Gasteiger partial charge on any atom is -0.416 e. The quantitative estimate of drug-likeness (QED) is 0.690. The molecule has 0 radical (unpaired) electrons. The van der Waals surface area contributed by atoms with E-state index in [-0.39, 0.29) is 17.4 Å². The zero-order chi connectivity index (χ0) is 20.4. The van der Waals surface area contributed by atoms with Gasteiger partial charge in [0, 0.05) is 23.4 Å². The monoisotopic (exact) mass is 391 g/mol. The maximum atomic E-state index is 12.1. The number of aromatic nitrogens is 2. The van der Waals surface area contributed by atoms with E-state index in [0.717, 1.165) is 24.0 Å². The van der Waals surface area contributed by atoms with Crippen molar-refractivity contribution in [2.45, 2.75) is 45.1 Å². The van der Waals surface area contributed by atoms with Crippen LogP contribution in [0.15, 0.2) is 52.9 Å². The maximum Gasteiger partial charge on any atom is 0.253 e. The minimum absolute atomic E-state index is 0.0968. The highest BCUT2D eigenvalue weighted by Crippen LogP contribution is 2.28. The molecule has 1 aliphatic heterocycles. The summed E-state index contributed by atoms with van der Waals surface area (Å²) in [6, 6.07) is 15.5. The first kappa shape index (κ1) is 19.3. The van der Waals surface area contributed by atoms with Crippen LogP contribution in [0.5, 0.6) is 0 Å². The summed E-state index contributed by atoms with van der Waals surface area (Å²) in [6.45, 7) is 7.19. The Labute approximate surface area is 170 Å². The van der Waals surface area contributed by atoms with E-state index >= 15 is 0 Å². The summed E-state index contributed by atoms with van der Waals surface area (Å²) in [4.78, 5) is 12.1. The molecule has 1 atom stereocenters. The first-order valence-corrected chi connectivity index (χ1v) is 9.87. The number of carbonyl (C=O) groups is 1. The van der Waals surface area contributed by atoms with E-state index in [4.69, 9.17) is 9.15 Å². The molecule has 2 heterocycles. The highest BCUT2D eigenvalue weighted by molar-refractivity contribution is 5.94. The lowest BCUT2D eigenvalue weighted by molar-refractivity contribution is -0.124. The topological polar surface area (TPSA) is 77.2 Å². The molecule has 0 saturated carbocycles. The average molecular weight is 391 g/mol. The fraction of sp³-hybridized carbons (Fsp3) is 0.348. The summed E-state index contributed by atoms with van der Waals surface area (Å²) < 4.78 is 11.3. The fourth-order valence-electron chi connectivity index (χ4n) is 3.27. The summed E-state index contributed by atoms with van der Waals surface area (Å²) in [6.07, 6.45) is 1.35. The van der Waals surface area contributed by atoms with E-state index in [9.17, 15) is 4.79 Å². The molecule has 1 aliphatic rings. The van der Waals surface area contributed by atoms with E-state index in [2.05, 4.69) is 48.4 Å². The van der Waals surface area contributed by atoms with Gasteiger partial charge in [-0.1, -0.05) is 32.9 Å². The molecule has 3 aromatic rings. The standard InChI is InChI=1S/C23H25N3O3/c1-23(2,3)17-10-6-15(7-11-17)21-25-26-22(29-21)16-8-12-18(13-9-16)24-20(27)19-5-4-14-28-19/h6-13,19H,4-5,14H2,1-3H3,(H,24,27). The van der Waals surface area contributed by atoms with E-state index in [1.54, 1.807) is 0 Å². The third kappa shape index (κ3) is 4.38. The Morgan fingerprint density at radius 2 is 1.55 bits per heavy atom. The minimum atomic E-state index is -0.349. The molecule has 1 amide bonds. The number of rotatable bonds is 4. The number of benzene rings is 2. The van der Waals surface area contributed by atoms with Gasteiger partial charge in [-0.05, 0) is 60.2 Å². The number of hydrogen-bond acceptors (Lipinski definition) is 5. The van der Waals surface area contributed by atoms with Gasteiger partial charge >= 0.3 is 0 Å². The number of carbonyl (C=O) groups excluding carboxylic acids is 1. The van der Waals surface area contributed by atoms with Crippen LogP contribution in [0, 0.1) is 0 Å². The maximum absolute atomic E-state index is 12.1. The third-order valence-corrected chi connectivity index (χ3v) is 5.04. The lowest BCUT2D eigenvalue weighted by atomic mass is 9.87. The van der Waals surface area contributed by atoms with Gasteiger partial charge in [-0.3, -0.25) is 4.79 Å². The number of anilines is 1. The van der Waals surface area contributed by atoms with Gasteiger partial charge in [0.15, 0.2) is 0 Å². The Bertz CT molecular complexity index is 979. The van der Waals surface area contributed by atoms with Crippen molar-refractivity contribution < 1.29 is 13.9 Å². The van der Waals surface area contributed by atoms with Crippen molar-refractivity contribution in [1.29, 1.82) is 0 Å². The van der Waals surface area contributed by atoms with Gasteiger partial charge < -0.3 is 14.5 Å². The first-order chi connectivity index (χ1) is 13.9. The summed E-state index contributed by atoms with van der Waals surface area (Å²) in [5, 5.41) is 11.2. The zero-order valence-corrected chi connectivity index (χ0v) is 16.9. The molecule has 29 heavy (non-hydrogen) atoms. The Hall–Kier alpha value is -2.99. The summed E-state index contributed by atoms with van der Waals surface area (Å²) >= 11 is 0. The number of nitrogens with zero attached hydrogens (tertiary/aromatic N) is 2. The average Bonchev–Trinajstić information content (AvgIpc) is 3.40. The molecule has 1 N–H and O–H groups in total. The second-order valence-electron chi connectivity index (χ2n) is 8.31. The van der Waals surface area contributed by atoms with Crippen molar-refractivity contribution in [3.63, 3.8) is 0 Å². The van der Waals surface area contributed by atoms with E-state index < -0.39 is 0 Å². The SMILES string of the molecule is CC(C)(C)c1ccc(-c2nnc(-c3ccc(NC(=O)C4CCCO4)cc3)o2)cc1. The largest absolute Gasteiger partial charge is 0.416 e. The highest BCUT2D eigenvalue weighted by Gasteiger charge is 2.23. The molecular formula is C23H25N3O3. The second kappa shape index (κ2) is 7.79. The van der Waals surface area contributed by atoms with Crippen LogP contribution >= 0.6 is 0 Å². The molecule has 1 aromatic heterocycles. The Balaban J connectivity index is 1.46. The molecule has 0 spiro atoms. The second-order valence-corrected chi connectivity index (χ2v) is 8.31. The van der Waals surface area contributed by atoms with Crippen LogP contribution in [0.2, 0.25) is 0 Å². The van der Waals surface area contributed by atoms with Crippen LogP contribution in [0.1, 0.15) is 39.2 Å². The van der Waals surface area contributed by atoms with Gasteiger partial charge in [0.25, 0.3) is 5.91 Å². The molecular weight excluding hydrogens is 366 g/mol. The Morgan fingerprint density at radius 1 is 0.966 bits per heavy atom. The number of hydrogen-bond donors (Lipinski definition) is 1. The zero-order valence-electron chi connectivity index (χ0n) is 16.9. The van der Waals surface area contributed by atoms with Gasteiger partial charge in [0.2, 0.25) is 11.8 Å². The van der Waals surface area contributed by atoms with Crippen molar-refractivity contribution >= 4 is 11.6 Å². The van der Waals surface area contributed by atoms with E-state index in [0.29, 0.717) is 24.1 Å². The molecule has 6 nitrogen and oxygen atoms in total.